The number of thiophene rings is 1. The molecule has 0 unspecified atom stereocenters. The maximum absolute atomic E-state index is 12.8. The molecule has 2 N–H and O–H groups in total. The highest BCUT2D eigenvalue weighted by molar-refractivity contribution is 7.15. The van der Waals surface area contributed by atoms with Gasteiger partial charge in [0, 0.05) is 31.1 Å². The maximum Gasteiger partial charge on any atom is 0.262 e. The molecule has 2 amide bonds. The second kappa shape index (κ2) is 14.1. The molecule has 0 aromatic carbocycles. The highest BCUT2D eigenvalue weighted by Gasteiger charge is 2.24. The van der Waals surface area contributed by atoms with Crippen LogP contribution in [-0.2, 0) is 14.3 Å². The number of allylic oxidation sites excluding steroid dienone is 1. The van der Waals surface area contributed by atoms with Gasteiger partial charge < -0.3 is 20.1 Å². The minimum Gasteiger partial charge on any atom is -0.354 e. The Balaban J connectivity index is 2.77. The molecule has 1 aromatic rings. The van der Waals surface area contributed by atoms with Crippen molar-refractivity contribution in [2.75, 3.05) is 19.8 Å². The average Bonchev–Trinajstić information content (AvgIpc) is 3.10. The van der Waals surface area contributed by atoms with Gasteiger partial charge in [-0.25, -0.2) is 0 Å². The average molecular weight is 437 g/mol. The van der Waals surface area contributed by atoms with E-state index in [0.717, 1.165) is 10.4 Å². The molecule has 0 aliphatic carbocycles. The Labute approximate surface area is 184 Å². The summed E-state index contributed by atoms with van der Waals surface area (Å²) in [5.74, 6) is -0.189. The molecule has 7 heteroatoms. The van der Waals surface area contributed by atoms with E-state index in [2.05, 4.69) is 17.2 Å². The third-order valence-electron chi connectivity index (χ3n) is 4.27. The first-order valence-corrected chi connectivity index (χ1v) is 11.4. The smallest absolute Gasteiger partial charge is 0.262 e. The van der Waals surface area contributed by atoms with Crippen LogP contribution in [0.3, 0.4) is 0 Å². The molecule has 1 aromatic heterocycles. The first kappa shape index (κ1) is 26.1. The third-order valence-corrected chi connectivity index (χ3v) is 5.38. The molecule has 0 radical (unpaired) electrons. The zero-order chi connectivity index (χ0) is 22.5. The molecule has 0 fully saturated rings. The van der Waals surface area contributed by atoms with Gasteiger partial charge in [-0.1, -0.05) is 32.6 Å². The van der Waals surface area contributed by atoms with E-state index in [1.54, 1.807) is 12.1 Å². The first-order chi connectivity index (χ1) is 14.4. The lowest BCUT2D eigenvalue weighted by Crippen LogP contribution is -2.47. The molecule has 0 aliphatic heterocycles. The van der Waals surface area contributed by atoms with E-state index in [1.165, 1.54) is 11.3 Å². The zero-order valence-corrected chi connectivity index (χ0v) is 19.6. The molecular weight excluding hydrogens is 400 g/mol. The fourth-order valence-electron chi connectivity index (χ4n) is 2.93. The fourth-order valence-corrected chi connectivity index (χ4v) is 3.97. The van der Waals surface area contributed by atoms with E-state index in [0.29, 0.717) is 37.5 Å². The van der Waals surface area contributed by atoms with Crippen LogP contribution < -0.4 is 10.6 Å². The van der Waals surface area contributed by atoms with E-state index in [-0.39, 0.29) is 24.0 Å². The second-order valence-corrected chi connectivity index (χ2v) is 8.29. The van der Waals surface area contributed by atoms with E-state index < -0.39 is 6.04 Å². The predicted octanol–water partition coefficient (Wildman–Crippen LogP) is 4.47. The molecule has 6 nitrogen and oxygen atoms in total. The van der Waals surface area contributed by atoms with Gasteiger partial charge in [0.2, 0.25) is 5.91 Å². The summed E-state index contributed by atoms with van der Waals surface area (Å²) >= 11 is 1.39. The van der Waals surface area contributed by atoms with Crippen LogP contribution in [0.25, 0.3) is 12.2 Å². The number of hydrogen-bond acceptors (Lipinski definition) is 5. The van der Waals surface area contributed by atoms with E-state index in [9.17, 15) is 9.59 Å². The molecule has 0 aliphatic rings. The zero-order valence-electron chi connectivity index (χ0n) is 18.8. The summed E-state index contributed by atoms with van der Waals surface area (Å²) in [6.07, 6.45) is 6.37. The number of rotatable bonds is 14. The van der Waals surface area contributed by atoms with Gasteiger partial charge in [-0.3, -0.25) is 9.59 Å². The number of hydrogen-bond donors (Lipinski definition) is 2. The summed E-state index contributed by atoms with van der Waals surface area (Å²) in [7, 11) is 0. The monoisotopic (exact) mass is 436 g/mol. The molecule has 168 valence electrons. The highest BCUT2D eigenvalue weighted by Crippen LogP contribution is 2.25. The molecule has 1 atom stereocenters. The Hall–Kier alpha value is -1.96. The van der Waals surface area contributed by atoms with Gasteiger partial charge in [0.1, 0.15) is 6.04 Å². The van der Waals surface area contributed by atoms with E-state index in [4.69, 9.17) is 9.47 Å². The normalized spacial score (nSPS) is 12.5. The van der Waals surface area contributed by atoms with Crippen molar-refractivity contribution in [2.24, 2.45) is 5.92 Å². The SMILES string of the molecule is C=Cc1cc(C(=O)N[C@@H](CC(C)C)C(=O)NCCC(OCC)OCC)sc1C=CC. The van der Waals surface area contributed by atoms with Gasteiger partial charge in [0.05, 0.1) is 4.88 Å². The molecular formula is C23H36N2O4S. The van der Waals surface area contributed by atoms with Crippen LogP contribution in [0.4, 0.5) is 0 Å². The van der Waals surface area contributed by atoms with Crippen LogP contribution in [0.5, 0.6) is 0 Å². The third kappa shape index (κ3) is 8.81. The Morgan fingerprint density at radius 1 is 1.23 bits per heavy atom. The van der Waals surface area contributed by atoms with Crippen LogP contribution in [0.2, 0.25) is 0 Å². The summed E-state index contributed by atoms with van der Waals surface area (Å²) in [6, 6.07) is 1.20. The number of carbonyl (C=O) groups excluding carboxylic acids is 2. The van der Waals surface area contributed by atoms with Gasteiger partial charge in [-0.2, -0.15) is 0 Å². The topological polar surface area (TPSA) is 76.7 Å². The van der Waals surface area contributed by atoms with Crippen molar-refractivity contribution >= 4 is 35.3 Å². The molecule has 0 bridgehead atoms. The van der Waals surface area contributed by atoms with Gasteiger partial charge in [-0.05, 0) is 50.8 Å². The largest absolute Gasteiger partial charge is 0.354 e. The minimum atomic E-state index is -0.602. The number of carbonyl (C=O) groups is 2. The molecule has 30 heavy (non-hydrogen) atoms. The van der Waals surface area contributed by atoms with Gasteiger partial charge in [0.25, 0.3) is 5.91 Å². The molecule has 1 rings (SSSR count). The number of nitrogens with one attached hydrogen (secondary N) is 2. The summed E-state index contributed by atoms with van der Waals surface area (Å²) < 4.78 is 11.0. The van der Waals surface area contributed by atoms with Crippen molar-refractivity contribution in [3.05, 3.63) is 34.0 Å². The number of amides is 2. The van der Waals surface area contributed by atoms with Crippen molar-refractivity contribution in [1.29, 1.82) is 0 Å². The van der Waals surface area contributed by atoms with Crippen LogP contribution in [0, 0.1) is 5.92 Å². The first-order valence-electron chi connectivity index (χ1n) is 10.6. The van der Waals surface area contributed by atoms with Crippen molar-refractivity contribution in [3.8, 4) is 0 Å². The summed E-state index contributed by atoms with van der Waals surface area (Å²) in [6.45, 7) is 15.1. The molecule has 0 saturated heterocycles. The van der Waals surface area contributed by atoms with E-state index >= 15 is 0 Å². The molecule has 0 saturated carbocycles. The summed E-state index contributed by atoms with van der Waals surface area (Å²) in [5.41, 5.74) is 0.908. The Bertz CT molecular complexity index is 706. The van der Waals surface area contributed by atoms with Crippen LogP contribution >= 0.6 is 11.3 Å². The van der Waals surface area contributed by atoms with Crippen LogP contribution in [0.15, 0.2) is 18.7 Å². The Morgan fingerprint density at radius 2 is 1.90 bits per heavy atom. The highest BCUT2D eigenvalue weighted by atomic mass is 32.1. The van der Waals surface area contributed by atoms with Crippen molar-refractivity contribution < 1.29 is 19.1 Å². The maximum atomic E-state index is 12.8. The predicted molar refractivity (Wildman–Crippen MR) is 124 cm³/mol. The van der Waals surface area contributed by atoms with E-state index in [1.807, 2.05) is 46.8 Å². The second-order valence-electron chi connectivity index (χ2n) is 7.21. The van der Waals surface area contributed by atoms with Gasteiger partial charge >= 0.3 is 0 Å². The van der Waals surface area contributed by atoms with Crippen molar-refractivity contribution in [2.45, 2.75) is 59.8 Å². The Morgan fingerprint density at radius 3 is 2.43 bits per heavy atom. The molecule has 1 heterocycles. The van der Waals surface area contributed by atoms with Crippen molar-refractivity contribution in [3.63, 3.8) is 0 Å². The minimum absolute atomic E-state index is 0.196. The van der Waals surface area contributed by atoms with Crippen molar-refractivity contribution in [1.82, 2.24) is 10.6 Å². The van der Waals surface area contributed by atoms with Crippen LogP contribution in [0.1, 0.15) is 67.6 Å². The van der Waals surface area contributed by atoms with Gasteiger partial charge in [0.15, 0.2) is 6.29 Å². The lowest BCUT2D eigenvalue weighted by molar-refractivity contribution is -0.140. The lowest BCUT2D eigenvalue weighted by atomic mass is 10.0. The van der Waals surface area contributed by atoms with Crippen LogP contribution in [-0.4, -0.2) is 43.9 Å². The summed E-state index contributed by atoms with van der Waals surface area (Å²) in [5, 5.41) is 5.80. The quantitative estimate of drug-likeness (QED) is 0.422. The number of ether oxygens (including phenoxy) is 2. The Kier molecular flexibility index (Phi) is 12.3. The standard InChI is InChI=1S/C23H36N2O4S/c1-7-11-19-17(8-2)15-20(30-19)23(27)25-18(14-16(5)6)22(26)24-13-12-21(28-9-3)29-10-4/h7-8,11,15-16,18,21H,2,9-10,12-14H2,1,3-6H3,(H,24,26)(H,25,27)/t18-/m0/s1. The molecule has 0 spiro atoms. The lowest BCUT2D eigenvalue weighted by Gasteiger charge is -2.21. The van der Waals surface area contributed by atoms with Gasteiger partial charge in [-0.15, -0.1) is 11.3 Å². The fraction of sp³-hybridized carbons (Fsp3) is 0.565. The summed E-state index contributed by atoms with van der Waals surface area (Å²) in [4.78, 5) is 27.1.